The third-order valence-corrected chi connectivity index (χ3v) is 5.92. The van der Waals surface area contributed by atoms with Crippen molar-refractivity contribution in [2.24, 2.45) is 0 Å². The van der Waals surface area contributed by atoms with Crippen LogP contribution < -0.4 is 5.32 Å². The Morgan fingerprint density at radius 1 is 1.14 bits per heavy atom. The van der Waals surface area contributed by atoms with E-state index in [1.54, 1.807) is 12.1 Å². The molecule has 2 aromatic rings. The van der Waals surface area contributed by atoms with Crippen molar-refractivity contribution < 1.29 is 19.8 Å². The molecule has 3 N–H and O–H groups in total. The van der Waals surface area contributed by atoms with E-state index in [1.165, 1.54) is 18.2 Å². The van der Waals surface area contributed by atoms with Crippen LogP contribution in [0, 0.1) is 0 Å². The van der Waals surface area contributed by atoms with Gasteiger partial charge in [0, 0.05) is 16.5 Å². The van der Waals surface area contributed by atoms with E-state index >= 15 is 0 Å². The molecule has 0 heterocycles. The molecule has 0 fully saturated rings. The highest BCUT2D eigenvalue weighted by molar-refractivity contribution is 6.43. The Kier molecular flexibility index (Phi) is 6.01. The van der Waals surface area contributed by atoms with E-state index < -0.39 is 18.6 Å². The molecule has 28 heavy (non-hydrogen) atoms. The smallest absolute Gasteiger partial charge is 0.335 e. The molecule has 8 heteroatoms. The highest BCUT2D eigenvalue weighted by Gasteiger charge is 2.30. The summed E-state index contributed by atoms with van der Waals surface area (Å²) in [4.78, 5) is 23.9. The minimum absolute atomic E-state index is 0.0193. The highest BCUT2D eigenvalue weighted by Crippen LogP contribution is 2.42. The number of aliphatic hydroxyl groups excluding tert-OH is 1. The molecule has 0 bridgehead atoms. The number of hydrogen-bond donors (Lipinski definition) is 3. The number of fused-ring (bicyclic) bond motifs is 1. The third-order valence-electron chi connectivity index (χ3n) is 4.77. The molecule has 1 aliphatic rings. The van der Waals surface area contributed by atoms with E-state index in [0.29, 0.717) is 26.7 Å². The van der Waals surface area contributed by atoms with E-state index in [2.05, 4.69) is 5.32 Å². The van der Waals surface area contributed by atoms with Crippen LogP contribution in [0.5, 0.6) is 0 Å². The lowest BCUT2D eigenvalue weighted by molar-refractivity contribution is -0.118. The molecule has 146 valence electrons. The van der Waals surface area contributed by atoms with Crippen LogP contribution in [-0.4, -0.2) is 28.7 Å². The summed E-state index contributed by atoms with van der Waals surface area (Å²) in [6, 6.07) is 6.85. The van der Waals surface area contributed by atoms with Crippen molar-refractivity contribution in [3.05, 3.63) is 73.2 Å². The fourth-order valence-electron chi connectivity index (χ4n) is 3.22. The zero-order valence-corrected chi connectivity index (χ0v) is 16.9. The van der Waals surface area contributed by atoms with Crippen molar-refractivity contribution in [2.45, 2.75) is 18.9 Å². The van der Waals surface area contributed by atoms with Crippen LogP contribution in [0.2, 0.25) is 15.1 Å². The van der Waals surface area contributed by atoms with Gasteiger partial charge in [-0.2, -0.15) is 0 Å². The zero-order chi connectivity index (χ0) is 20.6. The second-order valence-corrected chi connectivity index (χ2v) is 7.63. The molecule has 0 saturated heterocycles. The molecule has 1 amide bonds. The Morgan fingerprint density at radius 2 is 1.86 bits per heavy atom. The van der Waals surface area contributed by atoms with Gasteiger partial charge in [0.2, 0.25) is 5.91 Å². The van der Waals surface area contributed by atoms with Crippen LogP contribution in [-0.2, 0) is 4.79 Å². The number of aliphatic hydroxyl groups is 1. The molecular weight excluding hydrogens is 425 g/mol. The van der Waals surface area contributed by atoms with E-state index in [1.807, 2.05) is 13.0 Å². The molecule has 0 aliphatic heterocycles. The van der Waals surface area contributed by atoms with Crippen LogP contribution in [0.25, 0.3) is 6.08 Å². The van der Waals surface area contributed by atoms with Crippen molar-refractivity contribution >= 4 is 52.8 Å². The second kappa shape index (κ2) is 8.13. The summed E-state index contributed by atoms with van der Waals surface area (Å²) in [7, 11) is 0. The van der Waals surface area contributed by atoms with Gasteiger partial charge in [-0.15, -0.1) is 0 Å². The summed E-state index contributed by atoms with van der Waals surface area (Å²) < 4.78 is 0. The molecule has 2 atom stereocenters. The number of halogens is 3. The number of amides is 1. The van der Waals surface area contributed by atoms with Gasteiger partial charge in [0.1, 0.15) is 0 Å². The molecule has 5 nitrogen and oxygen atoms in total. The van der Waals surface area contributed by atoms with E-state index in [0.717, 1.165) is 5.56 Å². The number of carboxylic acids is 1. The maximum Gasteiger partial charge on any atom is 0.335 e. The van der Waals surface area contributed by atoms with Crippen LogP contribution in [0.15, 0.2) is 35.9 Å². The van der Waals surface area contributed by atoms with Crippen molar-refractivity contribution in [3.63, 3.8) is 0 Å². The molecule has 0 saturated carbocycles. The van der Waals surface area contributed by atoms with Gasteiger partial charge in [0.15, 0.2) is 0 Å². The van der Waals surface area contributed by atoms with Crippen molar-refractivity contribution in [1.82, 2.24) is 5.32 Å². The number of carbonyl (C=O) groups is 2. The van der Waals surface area contributed by atoms with E-state index in [-0.39, 0.29) is 22.4 Å². The lowest BCUT2D eigenvalue weighted by atomic mass is 9.97. The SMILES string of the molecule is CC1C(C(=O)N[C@H](CO)c2ccc(C(=O)O)cc2Cl)=Cc2c1ccc(Cl)c2Cl. The van der Waals surface area contributed by atoms with Crippen molar-refractivity contribution in [2.75, 3.05) is 6.61 Å². The highest BCUT2D eigenvalue weighted by atomic mass is 35.5. The number of rotatable bonds is 5. The van der Waals surface area contributed by atoms with Crippen LogP contribution in [0.4, 0.5) is 0 Å². The van der Waals surface area contributed by atoms with Crippen LogP contribution in [0.3, 0.4) is 0 Å². The molecule has 1 unspecified atom stereocenters. The van der Waals surface area contributed by atoms with Gasteiger partial charge >= 0.3 is 5.97 Å². The normalized spacial score (nSPS) is 16.3. The van der Waals surface area contributed by atoms with Crippen LogP contribution in [0.1, 0.15) is 45.9 Å². The Bertz CT molecular complexity index is 1000. The third kappa shape index (κ3) is 3.76. The Hall–Kier alpha value is -2.05. The Balaban J connectivity index is 1.86. The average molecular weight is 441 g/mol. The molecule has 2 aromatic carbocycles. The second-order valence-electron chi connectivity index (χ2n) is 6.44. The first-order valence-electron chi connectivity index (χ1n) is 8.38. The summed E-state index contributed by atoms with van der Waals surface area (Å²) in [5.41, 5.74) is 2.52. The quantitative estimate of drug-likeness (QED) is 0.629. The Morgan fingerprint density at radius 3 is 2.46 bits per heavy atom. The summed E-state index contributed by atoms with van der Waals surface area (Å²) >= 11 is 18.5. The molecule has 3 rings (SSSR count). The standard InChI is InChI=1S/C20H16Cl3NO4/c1-9-11-4-5-15(21)18(23)14(11)7-13(9)19(26)24-17(8-25)12-3-2-10(20(27)28)6-16(12)22/h2-7,9,17,25H,8H2,1H3,(H,24,26)(H,27,28)/t9?,17-/m1/s1. The number of carbonyl (C=O) groups excluding carboxylic acids is 1. The predicted molar refractivity (Wildman–Crippen MR) is 109 cm³/mol. The number of hydrogen-bond acceptors (Lipinski definition) is 3. The number of aromatic carboxylic acids is 1. The molecule has 1 aliphatic carbocycles. The first-order chi connectivity index (χ1) is 13.2. The van der Waals surface area contributed by atoms with Gasteiger partial charge in [0.25, 0.3) is 0 Å². The first kappa shape index (κ1) is 20.7. The van der Waals surface area contributed by atoms with Gasteiger partial charge in [-0.3, -0.25) is 4.79 Å². The first-order valence-corrected chi connectivity index (χ1v) is 9.52. The molecular formula is C20H16Cl3NO4. The average Bonchev–Trinajstić information content (AvgIpc) is 3.00. The van der Waals surface area contributed by atoms with Crippen molar-refractivity contribution in [1.29, 1.82) is 0 Å². The molecule has 0 aromatic heterocycles. The summed E-state index contributed by atoms with van der Waals surface area (Å²) in [6.07, 6.45) is 1.69. The zero-order valence-electron chi connectivity index (χ0n) is 14.7. The maximum atomic E-state index is 12.8. The fourth-order valence-corrected chi connectivity index (χ4v) is 3.93. The van der Waals surface area contributed by atoms with Gasteiger partial charge in [0.05, 0.1) is 28.3 Å². The van der Waals surface area contributed by atoms with Gasteiger partial charge < -0.3 is 15.5 Å². The lowest BCUT2D eigenvalue weighted by Gasteiger charge is -2.20. The maximum absolute atomic E-state index is 12.8. The van der Waals surface area contributed by atoms with Crippen molar-refractivity contribution in [3.8, 4) is 0 Å². The van der Waals surface area contributed by atoms with Gasteiger partial charge in [-0.05, 0) is 41.0 Å². The Labute approximate surface area is 176 Å². The van der Waals surface area contributed by atoms with Gasteiger partial charge in [-0.1, -0.05) is 53.9 Å². The summed E-state index contributed by atoms with van der Waals surface area (Å²) in [5.74, 6) is -1.70. The minimum Gasteiger partial charge on any atom is -0.478 e. The predicted octanol–water partition coefficient (Wildman–Crippen LogP) is 4.70. The number of benzene rings is 2. The van der Waals surface area contributed by atoms with Crippen LogP contribution >= 0.6 is 34.8 Å². The van der Waals surface area contributed by atoms with Gasteiger partial charge in [-0.25, -0.2) is 4.79 Å². The minimum atomic E-state index is -1.11. The number of nitrogens with one attached hydrogen (secondary N) is 1. The monoisotopic (exact) mass is 439 g/mol. The lowest BCUT2D eigenvalue weighted by Crippen LogP contribution is -2.32. The largest absolute Gasteiger partial charge is 0.478 e. The van der Waals surface area contributed by atoms with E-state index in [9.17, 15) is 14.7 Å². The van der Waals surface area contributed by atoms with E-state index in [4.69, 9.17) is 39.9 Å². The number of carboxylic acid groups (broad SMARTS) is 1. The molecule has 0 radical (unpaired) electrons. The molecule has 0 spiro atoms. The summed E-state index contributed by atoms with van der Waals surface area (Å²) in [5, 5.41) is 22.5. The topological polar surface area (TPSA) is 86.6 Å². The fraction of sp³-hybridized carbons (Fsp3) is 0.200. The summed E-state index contributed by atoms with van der Waals surface area (Å²) in [6.45, 7) is 1.48.